The number of nitrogens with zero attached hydrogens (tertiary/aromatic N) is 3. The molecule has 1 saturated heterocycles. The first-order chi connectivity index (χ1) is 18.2. The number of carbonyl (C=O) groups is 3. The molecule has 0 radical (unpaired) electrons. The largest absolute Gasteiger partial charge is 0.497 e. The average molecular weight is 521 g/mol. The Hall–Kier alpha value is -3.85. The maximum absolute atomic E-state index is 13.3. The number of methoxy groups -OCH3 is 1. The molecule has 0 aliphatic carbocycles. The van der Waals surface area contributed by atoms with E-state index in [-0.39, 0.29) is 24.6 Å². The molecule has 2 heterocycles. The SMILES string of the molecule is CCOC(=O)C1=C(CN2CCN(C(=O)c3cccc(OC)c3)[C@H](C)C2)N(C)C(=O)N[C@H]1c1ccccc1C. The molecule has 0 bridgehead atoms. The molecule has 9 heteroatoms. The van der Waals surface area contributed by atoms with E-state index in [9.17, 15) is 14.4 Å². The molecule has 0 spiro atoms. The standard InChI is InChI=1S/C29H36N4O5/c1-6-38-28(35)25-24(31(4)29(36)30-26(25)23-13-8-7-10-19(23)2)18-32-14-15-33(20(3)17-32)27(34)21-11-9-12-22(16-21)37-5/h7-13,16,20,26H,6,14-15,17-18H2,1-5H3,(H,30,36)/t20-,26+/m1/s1. The van der Waals surface area contributed by atoms with Crippen LogP contribution in [0.15, 0.2) is 59.8 Å². The summed E-state index contributed by atoms with van der Waals surface area (Å²) in [7, 11) is 3.25. The summed E-state index contributed by atoms with van der Waals surface area (Å²) in [6.07, 6.45) is 0. The van der Waals surface area contributed by atoms with Crippen LogP contribution in [0.4, 0.5) is 4.79 Å². The van der Waals surface area contributed by atoms with Gasteiger partial charge in [-0.3, -0.25) is 14.6 Å². The minimum absolute atomic E-state index is 0.0451. The minimum Gasteiger partial charge on any atom is -0.497 e. The Morgan fingerprint density at radius 2 is 1.87 bits per heavy atom. The lowest BCUT2D eigenvalue weighted by Crippen LogP contribution is -2.56. The van der Waals surface area contributed by atoms with Crippen molar-refractivity contribution in [2.75, 3.05) is 46.9 Å². The summed E-state index contributed by atoms with van der Waals surface area (Å²) in [4.78, 5) is 45.1. The van der Waals surface area contributed by atoms with Crippen LogP contribution in [-0.2, 0) is 9.53 Å². The van der Waals surface area contributed by atoms with Crippen LogP contribution in [0.25, 0.3) is 0 Å². The molecule has 2 atom stereocenters. The summed E-state index contributed by atoms with van der Waals surface area (Å²) in [5.74, 6) is 0.154. The number of amides is 3. The van der Waals surface area contributed by atoms with Gasteiger partial charge in [-0.1, -0.05) is 30.3 Å². The topological polar surface area (TPSA) is 91.4 Å². The predicted molar refractivity (Wildman–Crippen MR) is 144 cm³/mol. The second-order valence-corrected chi connectivity index (χ2v) is 9.69. The zero-order valence-electron chi connectivity index (χ0n) is 22.7. The molecule has 3 amide bonds. The maximum atomic E-state index is 13.3. The minimum atomic E-state index is -0.609. The van der Waals surface area contributed by atoms with Gasteiger partial charge in [-0.2, -0.15) is 0 Å². The first kappa shape index (κ1) is 27.2. The summed E-state index contributed by atoms with van der Waals surface area (Å²) in [5, 5.41) is 2.98. The lowest BCUT2D eigenvalue weighted by molar-refractivity contribution is -0.139. The molecule has 2 aliphatic heterocycles. The van der Waals surface area contributed by atoms with Crippen molar-refractivity contribution in [2.45, 2.75) is 32.9 Å². The average Bonchev–Trinajstić information content (AvgIpc) is 2.91. The molecule has 2 aromatic carbocycles. The first-order valence-corrected chi connectivity index (χ1v) is 12.9. The summed E-state index contributed by atoms with van der Waals surface area (Å²) >= 11 is 0. The highest BCUT2D eigenvalue weighted by atomic mass is 16.5. The van der Waals surface area contributed by atoms with E-state index in [1.165, 1.54) is 4.90 Å². The number of piperazine rings is 1. The Morgan fingerprint density at radius 3 is 2.55 bits per heavy atom. The molecule has 0 saturated carbocycles. The lowest BCUT2D eigenvalue weighted by Gasteiger charge is -2.42. The Labute approximate surface area is 224 Å². The summed E-state index contributed by atoms with van der Waals surface area (Å²) in [5.41, 5.74) is 3.46. The van der Waals surface area contributed by atoms with Crippen LogP contribution in [0.1, 0.15) is 41.4 Å². The highest BCUT2D eigenvalue weighted by molar-refractivity contribution is 5.96. The number of aryl methyl sites for hydroxylation is 1. The Balaban J connectivity index is 1.60. The number of carbonyl (C=O) groups excluding carboxylic acids is 3. The smallest absolute Gasteiger partial charge is 0.338 e. The van der Waals surface area contributed by atoms with Crippen LogP contribution >= 0.6 is 0 Å². The molecule has 9 nitrogen and oxygen atoms in total. The van der Waals surface area contributed by atoms with Crippen molar-refractivity contribution in [3.05, 3.63) is 76.5 Å². The third-order valence-electron chi connectivity index (χ3n) is 7.23. The number of esters is 1. The Bertz CT molecular complexity index is 1240. The fourth-order valence-corrected chi connectivity index (χ4v) is 5.15. The number of likely N-dealkylation sites (N-methyl/N-ethyl adjacent to an activating group) is 1. The number of urea groups is 1. The van der Waals surface area contributed by atoms with Crippen LogP contribution < -0.4 is 10.1 Å². The molecule has 4 rings (SSSR count). The van der Waals surface area contributed by atoms with Crippen LogP contribution in [0.2, 0.25) is 0 Å². The van der Waals surface area contributed by atoms with Crippen molar-refractivity contribution >= 4 is 17.9 Å². The van der Waals surface area contributed by atoms with E-state index in [0.29, 0.717) is 48.8 Å². The Kier molecular flexibility index (Phi) is 8.36. The number of benzene rings is 2. The molecule has 0 aromatic heterocycles. The van der Waals surface area contributed by atoms with E-state index in [1.807, 2.05) is 55.1 Å². The van der Waals surface area contributed by atoms with Gasteiger partial charge in [0.2, 0.25) is 0 Å². The summed E-state index contributed by atoms with van der Waals surface area (Å²) in [6, 6.07) is 13.9. The Morgan fingerprint density at radius 1 is 1.11 bits per heavy atom. The van der Waals surface area contributed by atoms with Crippen LogP contribution in [0, 0.1) is 6.92 Å². The van der Waals surface area contributed by atoms with Crippen molar-refractivity contribution in [1.82, 2.24) is 20.0 Å². The van der Waals surface area contributed by atoms with E-state index < -0.39 is 12.0 Å². The molecule has 1 N–H and O–H groups in total. The highest BCUT2D eigenvalue weighted by Crippen LogP contribution is 2.33. The van der Waals surface area contributed by atoms with E-state index in [2.05, 4.69) is 10.2 Å². The second kappa shape index (κ2) is 11.7. The molecule has 0 unspecified atom stereocenters. The van der Waals surface area contributed by atoms with Gasteiger partial charge in [-0.25, -0.2) is 9.59 Å². The predicted octanol–water partition coefficient (Wildman–Crippen LogP) is 3.36. The van der Waals surface area contributed by atoms with Crippen molar-refractivity contribution in [3.63, 3.8) is 0 Å². The van der Waals surface area contributed by atoms with E-state index in [1.54, 1.807) is 33.2 Å². The van der Waals surface area contributed by atoms with Gasteiger partial charge in [0.1, 0.15) is 5.75 Å². The van der Waals surface area contributed by atoms with Crippen LogP contribution in [0.3, 0.4) is 0 Å². The third-order valence-corrected chi connectivity index (χ3v) is 7.23. The lowest BCUT2D eigenvalue weighted by atomic mass is 9.91. The zero-order valence-corrected chi connectivity index (χ0v) is 22.7. The number of hydrogen-bond donors (Lipinski definition) is 1. The first-order valence-electron chi connectivity index (χ1n) is 12.9. The molecule has 202 valence electrons. The molecule has 38 heavy (non-hydrogen) atoms. The fourth-order valence-electron chi connectivity index (χ4n) is 5.15. The summed E-state index contributed by atoms with van der Waals surface area (Å²) < 4.78 is 10.7. The van der Waals surface area contributed by atoms with Gasteiger partial charge in [-0.05, 0) is 50.1 Å². The van der Waals surface area contributed by atoms with E-state index >= 15 is 0 Å². The van der Waals surface area contributed by atoms with Gasteiger partial charge in [-0.15, -0.1) is 0 Å². The number of ether oxygens (including phenoxy) is 2. The number of hydrogen-bond acceptors (Lipinski definition) is 6. The maximum Gasteiger partial charge on any atom is 0.338 e. The van der Waals surface area contributed by atoms with Gasteiger partial charge in [0.25, 0.3) is 5.91 Å². The van der Waals surface area contributed by atoms with E-state index in [4.69, 9.17) is 9.47 Å². The van der Waals surface area contributed by atoms with Crippen LogP contribution in [0.5, 0.6) is 5.75 Å². The molecular weight excluding hydrogens is 484 g/mol. The molecule has 2 aromatic rings. The quantitative estimate of drug-likeness (QED) is 0.563. The van der Waals surface area contributed by atoms with Gasteiger partial charge in [0.15, 0.2) is 0 Å². The zero-order chi connectivity index (χ0) is 27.4. The normalized spacial score (nSPS) is 20.3. The highest BCUT2D eigenvalue weighted by Gasteiger charge is 2.39. The van der Waals surface area contributed by atoms with Gasteiger partial charge < -0.3 is 19.7 Å². The monoisotopic (exact) mass is 520 g/mol. The van der Waals surface area contributed by atoms with Crippen LogP contribution in [-0.4, -0.2) is 85.6 Å². The fraction of sp³-hybridized carbons (Fsp3) is 0.414. The van der Waals surface area contributed by atoms with Crippen molar-refractivity contribution in [2.24, 2.45) is 0 Å². The summed E-state index contributed by atoms with van der Waals surface area (Å²) in [6.45, 7) is 8.08. The van der Waals surface area contributed by atoms with Gasteiger partial charge in [0.05, 0.1) is 25.3 Å². The van der Waals surface area contributed by atoms with Gasteiger partial charge in [0, 0.05) is 50.5 Å². The third kappa shape index (κ3) is 5.52. The number of nitrogens with one attached hydrogen (secondary N) is 1. The van der Waals surface area contributed by atoms with Crippen molar-refractivity contribution in [3.8, 4) is 5.75 Å². The van der Waals surface area contributed by atoms with E-state index in [0.717, 1.165) is 11.1 Å². The van der Waals surface area contributed by atoms with Crippen molar-refractivity contribution < 1.29 is 23.9 Å². The molecule has 2 aliphatic rings. The van der Waals surface area contributed by atoms with Gasteiger partial charge >= 0.3 is 12.0 Å². The number of rotatable bonds is 7. The van der Waals surface area contributed by atoms with Crippen molar-refractivity contribution in [1.29, 1.82) is 0 Å². The molecule has 1 fully saturated rings. The molecular formula is C29H36N4O5. The second-order valence-electron chi connectivity index (χ2n) is 9.69.